The van der Waals surface area contributed by atoms with Crippen molar-refractivity contribution < 1.29 is 4.79 Å². The van der Waals surface area contributed by atoms with Crippen molar-refractivity contribution in [2.45, 2.75) is 6.42 Å². The van der Waals surface area contributed by atoms with E-state index in [4.69, 9.17) is 0 Å². The van der Waals surface area contributed by atoms with Gasteiger partial charge in [0.25, 0.3) is 0 Å². The van der Waals surface area contributed by atoms with Crippen LogP contribution in [0.3, 0.4) is 0 Å². The highest BCUT2D eigenvalue weighted by Crippen LogP contribution is 2.55. The van der Waals surface area contributed by atoms with Crippen LogP contribution in [0.4, 0.5) is 0 Å². The molecule has 1 heteroatoms. The molecule has 4 rings (SSSR count). The Kier molecular flexibility index (Phi) is 0.867. The van der Waals surface area contributed by atoms with Crippen molar-refractivity contribution in [2.24, 2.45) is 23.7 Å². The molecule has 2 bridgehead atoms. The molecule has 0 spiro atoms. The number of carbonyl (C=O) groups excluding carboxylic acids is 1. The minimum absolute atomic E-state index is 0.245. The van der Waals surface area contributed by atoms with Crippen LogP contribution < -0.4 is 0 Å². The van der Waals surface area contributed by atoms with Crippen LogP contribution >= 0.6 is 0 Å². The first kappa shape index (κ1) is 5.76. The molecule has 1 saturated carbocycles. The van der Waals surface area contributed by atoms with Crippen molar-refractivity contribution in [2.75, 3.05) is 0 Å². The zero-order valence-corrected chi connectivity index (χ0v) is 6.23. The van der Waals surface area contributed by atoms with E-state index in [2.05, 4.69) is 18.2 Å². The number of allylic oxidation sites excluding steroid dienone is 4. The molecule has 0 N–H and O–H groups in total. The molecular weight excluding hydrogens is 136 g/mol. The van der Waals surface area contributed by atoms with Crippen LogP contribution in [0.1, 0.15) is 6.42 Å². The molecule has 0 aromatic rings. The Labute approximate surface area is 65.8 Å². The zero-order chi connectivity index (χ0) is 7.42. The van der Waals surface area contributed by atoms with E-state index >= 15 is 0 Å². The fraction of sp³-hybridized carbons (Fsp3) is 0.500. The van der Waals surface area contributed by atoms with Crippen LogP contribution in [0.15, 0.2) is 24.3 Å². The predicted molar refractivity (Wildman–Crippen MR) is 41.9 cm³/mol. The van der Waals surface area contributed by atoms with E-state index < -0.39 is 0 Å². The second kappa shape index (κ2) is 1.66. The highest BCUT2D eigenvalue weighted by atomic mass is 16.1. The Hall–Kier alpha value is -0.850. The number of fused-ring (bicyclic) bond motifs is 1. The SMILES string of the molecule is O=C1C=CC2C=CC1C1CC21. The molecule has 4 aliphatic rings. The van der Waals surface area contributed by atoms with Gasteiger partial charge < -0.3 is 0 Å². The zero-order valence-electron chi connectivity index (χ0n) is 6.23. The van der Waals surface area contributed by atoms with Gasteiger partial charge in [-0.05, 0) is 30.3 Å². The number of hydrogen-bond acceptors (Lipinski definition) is 1. The normalized spacial score (nSPS) is 50.7. The summed E-state index contributed by atoms with van der Waals surface area (Å²) in [5.74, 6) is 2.67. The Morgan fingerprint density at radius 1 is 1.18 bits per heavy atom. The topological polar surface area (TPSA) is 17.1 Å². The molecule has 0 aromatic carbocycles. The number of rotatable bonds is 0. The molecule has 1 fully saturated rings. The van der Waals surface area contributed by atoms with E-state index in [-0.39, 0.29) is 5.92 Å². The largest absolute Gasteiger partial charge is 0.294 e. The van der Waals surface area contributed by atoms with Crippen molar-refractivity contribution in [3.8, 4) is 0 Å². The Balaban J connectivity index is 2.12. The molecular formula is C10H10O. The summed E-state index contributed by atoms with van der Waals surface area (Å²) in [5.41, 5.74) is 0. The quantitative estimate of drug-likeness (QED) is 0.474. The van der Waals surface area contributed by atoms with E-state index in [1.165, 1.54) is 6.42 Å². The highest BCUT2D eigenvalue weighted by Gasteiger charge is 2.50. The molecule has 0 heterocycles. The van der Waals surface area contributed by atoms with Crippen LogP contribution in [-0.4, -0.2) is 5.78 Å². The molecule has 4 atom stereocenters. The summed E-state index contributed by atoms with van der Waals surface area (Å²) in [6, 6.07) is 0. The number of carbonyl (C=O) groups is 1. The Morgan fingerprint density at radius 2 is 2.09 bits per heavy atom. The predicted octanol–water partition coefficient (Wildman–Crippen LogP) is 1.56. The van der Waals surface area contributed by atoms with E-state index in [0.29, 0.717) is 17.6 Å². The van der Waals surface area contributed by atoms with E-state index in [0.717, 1.165) is 5.92 Å². The lowest BCUT2D eigenvalue weighted by atomic mass is 9.90. The Bertz CT molecular complexity index is 275. The molecule has 0 aliphatic heterocycles. The van der Waals surface area contributed by atoms with Crippen LogP contribution in [0.25, 0.3) is 0 Å². The summed E-state index contributed by atoms with van der Waals surface area (Å²) < 4.78 is 0. The highest BCUT2D eigenvalue weighted by molar-refractivity contribution is 5.94. The monoisotopic (exact) mass is 146 g/mol. The number of ketones is 1. The summed E-state index contributed by atoms with van der Waals surface area (Å²) in [4.78, 5) is 11.4. The molecule has 4 aliphatic carbocycles. The van der Waals surface area contributed by atoms with Crippen molar-refractivity contribution in [3.05, 3.63) is 24.3 Å². The molecule has 0 amide bonds. The number of hydrogen-bond donors (Lipinski definition) is 0. The van der Waals surface area contributed by atoms with Gasteiger partial charge in [0, 0.05) is 5.92 Å². The molecule has 11 heavy (non-hydrogen) atoms. The van der Waals surface area contributed by atoms with Gasteiger partial charge >= 0.3 is 0 Å². The third-order valence-corrected chi connectivity index (χ3v) is 3.20. The summed E-state index contributed by atoms with van der Waals surface area (Å²) in [6.45, 7) is 0. The van der Waals surface area contributed by atoms with Gasteiger partial charge in [-0.2, -0.15) is 0 Å². The summed E-state index contributed by atoms with van der Waals surface area (Å²) in [7, 11) is 0. The maximum Gasteiger partial charge on any atom is 0.162 e. The van der Waals surface area contributed by atoms with Gasteiger partial charge in [0.05, 0.1) is 0 Å². The van der Waals surface area contributed by atoms with Crippen LogP contribution in [-0.2, 0) is 4.79 Å². The van der Waals surface area contributed by atoms with Crippen molar-refractivity contribution >= 4 is 5.78 Å². The van der Waals surface area contributed by atoms with E-state index in [9.17, 15) is 4.79 Å². The first-order valence-corrected chi connectivity index (χ1v) is 4.26. The standard InChI is InChI=1S/C10H10O/c11-10-4-2-6-1-3-7(10)9-5-8(6)9/h1-4,6-9H,5H2. The maximum absolute atomic E-state index is 11.4. The van der Waals surface area contributed by atoms with Crippen molar-refractivity contribution in [1.82, 2.24) is 0 Å². The molecule has 1 nitrogen and oxygen atoms in total. The molecule has 0 radical (unpaired) electrons. The lowest BCUT2D eigenvalue weighted by Gasteiger charge is -2.13. The van der Waals surface area contributed by atoms with Gasteiger partial charge in [-0.1, -0.05) is 18.2 Å². The molecule has 4 unspecified atom stereocenters. The first-order chi connectivity index (χ1) is 5.36. The molecule has 0 saturated heterocycles. The summed E-state index contributed by atoms with van der Waals surface area (Å²) >= 11 is 0. The maximum atomic E-state index is 11.4. The fourth-order valence-electron chi connectivity index (χ4n) is 2.45. The van der Waals surface area contributed by atoms with Gasteiger partial charge in [0.2, 0.25) is 0 Å². The second-order valence-corrected chi connectivity index (χ2v) is 3.81. The smallest absolute Gasteiger partial charge is 0.162 e. The minimum Gasteiger partial charge on any atom is -0.294 e. The van der Waals surface area contributed by atoms with Gasteiger partial charge in [-0.15, -0.1) is 0 Å². The van der Waals surface area contributed by atoms with E-state index in [1.54, 1.807) is 6.08 Å². The van der Waals surface area contributed by atoms with E-state index in [1.807, 2.05) is 0 Å². The lowest BCUT2D eigenvalue weighted by Crippen LogP contribution is -2.14. The Morgan fingerprint density at radius 3 is 3.00 bits per heavy atom. The van der Waals surface area contributed by atoms with Gasteiger partial charge in [-0.25, -0.2) is 0 Å². The first-order valence-electron chi connectivity index (χ1n) is 4.26. The van der Waals surface area contributed by atoms with Gasteiger partial charge in [-0.3, -0.25) is 4.79 Å². The van der Waals surface area contributed by atoms with Crippen LogP contribution in [0.5, 0.6) is 0 Å². The summed E-state index contributed by atoms with van der Waals surface area (Å²) in [5, 5.41) is 0. The van der Waals surface area contributed by atoms with Gasteiger partial charge in [0.15, 0.2) is 5.78 Å². The third kappa shape index (κ3) is 0.635. The molecule has 0 aromatic heterocycles. The average molecular weight is 146 g/mol. The minimum atomic E-state index is 0.245. The lowest BCUT2D eigenvalue weighted by molar-refractivity contribution is -0.117. The fourth-order valence-corrected chi connectivity index (χ4v) is 2.45. The van der Waals surface area contributed by atoms with Crippen LogP contribution in [0, 0.1) is 23.7 Å². The summed E-state index contributed by atoms with van der Waals surface area (Å²) in [6.07, 6.45) is 9.46. The molecule has 56 valence electrons. The van der Waals surface area contributed by atoms with Crippen molar-refractivity contribution in [1.29, 1.82) is 0 Å². The third-order valence-electron chi connectivity index (χ3n) is 3.20. The van der Waals surface area contributed by atoms with Gasteiger partial charge in [0.1, 0.15) is 0 Å². The average Bonchev–Trinajstić information content (AvgIpc) is 2.74. The van der Waals surface area contributed by atoms with Crippen molar-refractivity contribution in [3.63, 3.8) is 0 Å². The van der Waals surface area contributed by atoms with Crippen LogP contribution in [0.2, 0.25) is 0 Å². The second-order valence-electron chi connectivity index (χ2n) is 3.81.